The third-order valence-corrected chi connectivity index (χ3v) is 6.87. The van der Waals surface area contributed by atoms with E-state index in [1.807, 2.05) is 6.07 Å². The maximum Gasteiger partial charge on any atom is 0.412 e. The van der Waals surface area contributed by atoms with Crippen molar-refractivity contribution in [3.8, 4) is 0 Å². The second-order valence-corrected chi connectivity index (χ2v) is 9.29. The summed E-state index contributed by atoms with van der Waals surface area (Å²) >= 11 is 0. The first kappa shape index (κ1) is 23.7. The number of rotatable bonds is 5. The van der Waals surface area contributed by atoms with Crippen LogP contribution >= 0.6 is 0 Å². The highest BCUT2D eigenvalue weighted by atomic mass is 19.1. The fourth-order valence-electron chi connectivity index (χ4n) is 4.96. The molecule has 10 nitrogen and oxygen atoms in total. The minimum atomic E-state index is -0.832. The van der Waals surface area contributed by atoms with E-state index in [-0.39, 0.29) is 37.1 Å². The first-order valence-corrected chi connectivity index (χ1v) is 11.9. The second-order valence-electron chi connectivity index (χ2n) is 9.29. The Morgan fingerprint density at radius 3 is 2.75 bits per heavy atom. The van der Waals surface area contributed by atoms with E-state index in [2.05, 4.69) is 27.4 Å². The Kier molecular flexibility index (Phi) is 6.29. The Morgan fingerprint density at radius 2 is 2.06 bits per heavy atom. The predicted octanol–water partition coefficient (Wildman–Crippen LogP) is 2.72. The summed E-state index contributed by atoms with van der Waals surface area (Å²) in [7, 11) is 0. The number of carbonyl (C=O) groups is 4. The lowest BCUT2D eigenvalue weighted by atomic mass is 10.0. The van der Waals surface area contributed by atoms with Gasteiger partial charge in [0.1, 0.15) is 24.3 Å². The van der Waals surface area contributed by atoms with Crippen LogP contribution in [0.1, 0.15) is 54.1 Å². The Bertz CT molecular complexity index is 1230. The minimum absolute atomic E-state index is 0.0624. The average Bonchev–Trinajstić information content (AvgIpc) is 3.42. The van der Waals surface area contributed by atoms with Gasteiger partial charge in [-0.1, -0.05) is 0 Å². The summed E-state index contributed by atoms with van der Waals surface area (Å²) < 4.78 is 20.0. The van der Waals surface area contributed by atoms with Crippen molar-refractivity contribution < 1.29 is 28.3 Å². The molecule has 0 bridgehead atoms. The Hall–Kier alpha value is -4.02. The van der Waals surface area contributed by atoms with Crippen molar-refractivity contribution >= 4 is 35.3 Å². The highest BCUT2D eigenvalue weighted by Crippen LogP contribution is 2.30. The molecule has 4 amide bonds. The van der Waals surface area contributed by atoms with E-state index in [0.29, 0.717) is 17.3 Å². The monoisotopic (exact) mass is 495 g/mol. The van der Waals surface area contributed by atoms with Gasteiger partial charge in [0, 0.05) is 30.1 Å². The standard InChI is InChI=1S/C25H26FN5O5/c1-14-3-2-8-30(14)21-6-4-16(11-27-21)28-25(35)36-13-15-9-17-18(19(26)10-15)12-31(24(17)34)20-5-7-22(32)29-23(20)33/h4,6,9-11,14,20H,2-3,5,7-8,12-13H2,1H3,(H,28,35)(H,29,32,33)/t14-,20?/m1/s1. The first-order valence-electron chi connectivity index (χ1n) is 11.9. The minimum Gasteiger partial charge on any atom is -0.444 e. The van der Waals surface area contributed by atoms with Gasteiger partial charge in [-0.3, -0.25) is 25.0 Å². The number of hydrogen-bond acceptors (Lipinski definition) is 7. The van der Waals surface area contributed by atoms with E-state index in [1.54, 1.807) is 12.3 Å². The Morgan fingerprint density at radius 1 is 1.22 bits per heavy atom. The van der Waals surface area contributed by atoms with Crippen molar-refractivity contribution in [2.75, 3.05) is 16.8 Å². The predicted molar refractivity (Wildman–Crippen MR) is 127 cm³/mol. The molecule has 0 saturated carbocycles. The van der Waals surface area contributed by atoms with E-state index >= 15 is 0 Å². The molecule has 1 aromatic heterocycles. The van der Waals surface area contributed by atoms with E-state index in [1.165, 1.54) is 17.0 Å². The molecule has 2 atom stereocenters. The molecule has 0 radical (unpaired) electrons. The van der Waals surface area contributed by atoms with Crippen LogP contribution < -0.4 is 15.5 Å². The number of nitrogens with one attached hydrogen (secondary N) is 2. The number of piperidine rings is 1. The average molecular weight is 496 g/mol. The molecule has 2 aromatic rings. The van der Waals surface area contributed by atoms with E-state index in [9.17, 15) is 23.6 Å². The fraction of sp³-hybridized carbons (Fsp3) is 0.400. The Balaban J connectivity index is 1.20. The number of fused-ring (bicyclic) bond motifs is 1. The van der Waals surface area contributed by atoms with Crippen molar-refractivity contribution in [1.29, 1.82) is 0 Å². The molecule has 1 unspecified atom stereocenters. The molecule has 2 saturated heterocycles. The third kappa shape index (κ3) is 4.60. The number of aromatic nitrogens is 1. The summed E-state index contributed by atoms with van der Waals surface area (Å²) in [6.45, 7) is 2.79. The van der Waals surface area contributed by atoms with Crippen LogP contribution in [-0.4, -0.2) is 52.3 Å². The Labute approximate surface area is 206 Å². The fourth-order valence-corrected chi connectivity index (χ4v) is 4.96. The lowest BCUT2D eigenvalue weighted by molar-refractivity contribution is -0.136. The highest BCUT2D eigenvalue weighted by molar-refractivity contribution is 6.05. The molecule has 4 heterocycles. The van der Waals surface area contributed by atoms with Gasteiger partial charge >= 0.3 is 6.09 Å². The van der Waals surface area contributed by atoms with E-state index in [0.717, 1.165) is 25.2 Å². The van der Waals surface area contributed by atoms with Crippen LogP contribution in [0.5, 0.6) is 0 Å². The zero-order valence-corrected chi connectivity index (χ0v) is 19.8. The molecule has 1 aromatic carbocycles. The molecule has 5 rings (SSSR count). The molecular weight excluding hydrogens is 469 g/mol. The van der Waals surface area contributed by atoms with Crippen LogP contribution in [0, 0.1) is 5.82 Å². The maximum atomic E-state index is 14.8. The molecule has 2 N–H and O–H groups in total. The van der Waals surface area contributed by atoms with Gasteiger partial charge in [-0.25, -0.2) is 14.2 Å². The summed E-state index contributed by atoms with van der Waals surface area (Å²) in [5.74, 6) is -1.22. The van der Waals surface area contributed by atoms with Crippen LogP contribution in [0.4, 0.5) is 20.7 Å². The number of hydrogen-bond donors (Lipinski definition) is 2. The van der Waals surface area contributed by atoms with Gasteiger partial charge in [0.15, 0.2) is 0 Å². The number of benzene rings is 1. The molecule has 2 fully saturated rings. The van der Waals surface area contributed by atoms with Gasteiger partial charge in [-0.15, -0.1) is 0 Å². The molecular formula is C25H26FN5O5. The van der Waals surface area contributed by atoms with Crippen molar-refractivity contribution in [1.82, 2.24) is 15.2 Å². The summed E-state index contributed by atoms with van der Waals surface area (Å²) in [4.78, 5) is 56.7. The normalized spacial score (nSPS) is 21.4. The zero-order valence-electron chi connectivity index (χ0n) is 19.8. The molecule has 0 aliphatic carbocycles. The van der Waals surface area contributed by atoms with Crippen LogP contribution in [0.25, 0.3) is 0 Å². The molecule has 11 heteroatoms. The van der Waals surface area contributed by atoms with Crippen LogP contribution in [0.15, 0.2) is 30.5 Å². The molecule has 0 spiro atoms. The molecule has 36 heavy (non-hydrogen) atoms. The lowest BCUT2D eigenvalue weighted by Crippen LogP contribution is -2.52. The largest absolute Gasteiger partial charge is 0.444 e. The SMILES string of the molecule is C[C@@H]1CCCN1c1ccc(NC(=O)OCc2cc(F)c3c(c2)C(=O)N(C2CCC(=O)NC2=O)C3)cn1. The van der Waals surface area contributed by atoms with Gasteiger partial charge in [-0.05, 0) is 56.0 Å². The topological polar surface area (TPSA) is 121 Å². The maximum absolute atomic E-state index is 14.8. The number of pyridine rings is 1. The van der Waals surface area contributed by atoms with Crippen molar-refractivity contribution in [3.05, 3.63) is 53.0 Å². The van der Waals surface area contributed by atoms with Crippen molar-refractivity contribution in [2.24, 2.45) is 0 Å². The van der Waals surface area contributed by atoms with Gasteiger partial charge in [0.25, 0.3) is 5.91 Å². The molecule has 3 aliphatic heterocycles. The van der Waals surface area contributed by atoms with E-state index < -0.39 is 35.7 Å². The second kappa shape index (κ2) is 9.56. The van der Waals surface area contributed by atoms with Gasteiger partial charge in [-0.2, -0.15) is 0 Å². The summed E-state index contributed by atoms with van der Waals surface area (Å²) in [5, 5.41) is 4.81. The number of ether oxygens (including phenoxy) is 1. The summed E-state index contributed by atoms with van der Waals surface area (Å²) in [5.41, 5.74) is 1.06. The third-order valence-electron chi connectivity index (χ3n) is 6.87. The van der Waals surface area contributed by atoms with Gasteiger partial charge in [0.05, 0.1) is 18.4 Å². The number of imide groups is 1. The lowest BCUT2D eigenvalue weighted by Gasteiger charge is -2.29. The summed E-state index contributed by atoms with van der Waals surface area (Å²) in [6.07, 6.45) is 3.37. The van der Waals surface area contributed by atoms with E-state index in [4.69, 9.17) is 4.74 Å². The smallest absolute Gasteiger partial charge is 0.412 e. The quantitative estimate of drug-likeness (QED) is 0.612. The van der Waals surface area contributed by atoms with Gasteiger partial charge in [0.2, 0.25) is 11.8 Å². The molecule has 188 valence electrons. The first-order chi connectivity index (χ1) is 17.3. The van der Waals surface area contributed by atoms with Crippen molar-refractivity contribution in [2.45, 2.75) is 57.8 Å². The van der Waals surface area contributed by atoms with Crippen LogP contribution in [0.3, 0.4) is 0 Å². The summed E-state index contributed by atoms with van der Waals surface area (Å²) in [6, 6.07) is 5.85. The van der Waals surface area contributed by atoms with Crippen LogP contribution in [-0.2, 0) is 27.5 Å². The van der Waals surface area contributed by atoms with Crippen molar-refractivity contribution in [3.63, 3.8) is 0 Å². The molecule has 3 aliphatic rings. The number of nitrogens with zero attached hydrogens (tertiary/aromatic N) is 3. The number of amides is 4. The zero-order chi connectivity index (χ0) is 25.4. The number of carbonyl (C=O) groups excluding carboxylic acids is 4. The van der Waals surface area contributed by atoms with Crippen LogP contribution in [0.2, 0.25) is 0 Å². The van der Waals surface area contributed by atoms with Gasteiger partial charge < -0.3 is 14.5 Å². The highest BCUT2D eigenvalue weighted by Gasteiger charge is 2.40. The number of anilines is 2. The number of halogens is 1.